The number of pyridine rings is 2. The van der Waals surface area contributed by atoms with Crippen molar-refractivity contribution in [3.8, 4) is 28.5 Å². The van der Waals surface area contributed by atoms with Gasteiger partial charge in [0.05, 0.1) is 47.0 Å². The predicted molar refractivity (Wildman–Crippen MR) is 151 cm³/mol. The van der Waals surface area contributed by atoms with E-state index in [2.05, 4.69) is 37.1 Å². The van der Waals surface area contributed by atoms with Crippen LogP contribution in [0.5, 0.6) is 6.01 Å². The Morgan fingerprint density at radius 2 is 2.00 bits per heavy atom. The summed E-state index contributed by atoms with van der Waals surface area (Å²) in [5.74, 6) is 3.59. The Morgan fingerprint density at radius 3 is 2.69 bits per heavy atom. The zero-order chi connectivity index (χ0) is 27.4. The molecule has 5 heterocycles. The summed E-state index contributed by atoms with van der Waals surface area (Å²) in [4.78, 5) is 16.7. The molecule has 0 aliphatic carbocycles. The van der Waals surface area contributed by atoms with E-state index in [9.17, 15) is 9.32 Å². The van der Waals surface area contributed by atoms with Crippen LogP contribution in [0.25, 0.3) is 33.7 Å². The first-order valence-electron chi connectivity index (χ1n) is 12.1. The highest BCUT2D eigenvalue weighted by Crippen LogP contribution is 2.40. The van der Waals surface area contributed by atoms with Crippen molar-refractivity contribution in [3.63, 3.8) is 0 Å². The molecule has 5 atom stereocenters. The molecular weight excluding hydrogens is 542 g/mol. The maximum Gasteiger partial charge on any atom is 0.296 e. The molecule has 2 saturated heterocycles. The fraction of sp³-hybridized carbons (Fsp3) is 0.259. The van der Waals surface area contributed by atoms with Gasteiger partial charge in [-0.1, -0.05) is 41.9 Å². The Labute approximate surface area is 230 Å². The number of aliphatic hydroxyl groups excluding tert-OH is 1. The number of ether oxygens (including phenoxy) is 3. The number of nitrogens with zero attached hydrogens (tertiary/aromatic N) is 3. The molecule has 0 spiro atoms. The van der Waals surface area contributed by atoms with Gasteiger partial charge in [0.2, 0.25) is 0 Å². The minimum Gasteiger partial charge on any atom is -0.456 e. The highest BCUT2D eigenvalue weighted by atomic mass is 35.5. The van der Waals surface area contributed by atoms with Crippen LogP contribution in [-0.2, 0) is 19.2 Å². The summed E-state index contributed by atoms with van der Waals surface area (Å²) < 4.78 is 32.3. The van der Waals surface area contributed by atoms with E-state index in [0.717, 1.165) is 16.8 Å². The van der Waals surface area contributed by atoms with E-state index in [0.29, 0.717) is 27.6 Å². The van der Waals surface area contributed by atoms with Crippen molar-refractivity contribution in [1.82, 2.24) is 19.9 Å². The van der Waals surface area contributed by atoms with Crippen LogP contribution in [0.1, 0.15) is 0 Å². The Hall–Kier alpha value is -3.48. The predicted octanol–water partition coefficient (Wildman–Crippen LogP) is 3.48. The van der Waals surface area contributed by atoms with Gasteiger partial charge in [0.25, 0.3) is 6.01 Å². The fourth-order valence-corrected chi connectivity index (χ4v) is 5.79. The first kappa shape index (κ1) is 25.8. The van der Waals surface area contributed by atoms with E-state index >= 15 is 0 Å². The number of nitrogens with one attached hydrogen (secondary N) is 2. The lowest BCUT2D eigenvalue weighted by molar-refractivity contribution is -0.0398. The first-order valence-corrected chi connectivity index (χ1v) is 14.6. The van der Waals surface area contributed by atoms with E-state index in [1.165, 1.54) is 6.26 Å². The van der Waals surface area contributed by atoms with Gasteiger partial charge in [-0.3, -0.25) is 4.98 Å². The number of imidazole rings is 1. The lowest BCUT2D eigenvalue weighted by atomic mass is 9.92. The second-order valence-corrected chi connectivity index (χ2v) is 12.3. The van der Waals surface area contributed by atoms with Crippen molar-refractivity contribution in [2.24, 2.45) is 0 Å². The summed E-state index contributed by atoms with van der Waals surface area (Å²) in [5, 5.41) is 10.8. The maximum atomic E-state index is 11.8. The fourth-order valence-electron chi connectivity index (χ4n) is 4.91. The van der Waals surface area contributed by atoms with Crippen molar-refractivity contribution in [2.45, 2.75) is 23.9 Å². The second-order valence-electron chi connectivity index (χ2n) is 9.64. The van der Waals surface area contributed by atoms with Crippen LogP contribution in [-0.4, -0.2) is 78.5 Å². The van der Waals surface area contributed by atoms with Crippen LogP contribution >= 0.6 is 11.6 Å². The van der Waals surface area contributed by atoms with Gasteiger partial charge in [-0.2, -0.15) is 4.98 Å². The van der Waals surface area contributed by atoms with Crippen LogP contribution < -0.4 is 9.46 Å². The topological polar surface area (TPSA) is 131 Å². The average Bonchev–Trinajstić information content (AvgIpc) is 3.56. The van der Waals surface area contributed by atoms with Gasteiger partial charge in [0, 0.05) is 27.1 Å². The lowest BCUT2D eigenvalue weighted by Gasteiger charge is -2.26. The monoisotopic (exact) mass is 567 g/mol. The largest absolute Gasteiger partial charge is 0.456 e. The van der Waals surface area contributed by atoms with E-state index in [4.69, 9.17) is 25.8 Å². The number of aliphatic hydroxyl groups is 1. The minimum absolute atomic E-state index is 0.146. The summed E-state index contributed by atoms with van der Waals surface area (Å²) in [5.41, 5.74) is 3.76. The third-order valence-corrected chi connectivity index (χ3v) is 7.73. The first-order chi connectivity index (χ1) is 18.6. The zero-order valence-electron chi connectivity index (χ0n) is 21.0. The number of anilines is 1. The van der Waals surface area contributed by atoms with Crippen molar-refractivity contribution >= 4 is 44.0 Å². The smallest absolute Gasteiger partial charge is 0.296 e. The lowest BCUT2D eigenvalue weighted by Crippen LogP contribution is -2.46. The molecule has 2 fully saturated rings. The Balaban J connectivity index is 1.21. The molecule has 4 aromatic rings. The molecule has 39 heavy (non-hydrogen) atoms. The maximum absolute atomic E-state index is 11.8. The second kappa shape index (κ2) is 9.61. The molecule has 2 aliphatic rings. The van der Waals surface area contributed by atoms with Gasteiger partial charge >= 0.3 is 0 Å². The molecule has 3 N–H and O–H groups in total. The molecule has 2 aliphatic heterocycles. The van der Waals surface area contributed by atoms with Crippen molar-refractivity contribution in [3.05, 3.63) is 66.3 Å². The van der Waals surface area contributed by atoms with Gasteiger partial charge in [0.1, 0.15) is 17.8 Å². The molecule has 0 saturated carbocycles. The molecule has 10 nitrogen and oxygen atoms in total. The molecule has 5 unspecified atom stereocenters. The summed E-state index contributed by atoms with van der Waals surface area (Å²) in [6.45, 7) is 4.17. The van der Waals surface area contributed by atoms with E-state index in [-0.39, 0.29) is 19.2 Å². The van der Waals surface area contributed by atoms with E-state index < -0.39 is 33.6 Å². The van der Waals surface area contributed by atoms with Gasteiger partial charge in [-0.15, -0.1) is 6.58 Å². The number of hydrogen-bond donors (Lipinski definition) is 3. The molecular formula is C27H26ClN5O5S. The number of fused-ring (bicyclic) bond motifs is 2. The SMILES string of the molecule is C=CC12OCC(Oc3nc4nc(-c5ccc(-c6ccc(NS(=C)(C)=O)cn6)cc5)c(Cl)cc4[nH]3)C1OCC2O. The quantitative estimate of drug-likeness (QED) is 0.228. The average molecular weight is 568 g/mol. The third-order valence-electron chi connectivity index (χ3n) is 6.77. The van der Waals surface area contributed by atoms with E-state index in [1.807, 2.05) is 36.4 Å². The van der Waals surface area contributed by atoms with Crippen LogP contribution in [0.4, 0.5) is 5.69 Å². The number of halogens is 1. The van der Waals surface area contributed by atoms with Gasteiger partial charge in [0.15, 0.2) is 11.8 Å². The number of hydrogen-bond acceptors (Lipinski definition) is 8. The Kier molecular flexibility index (Phi) is 6.35. The number of rotatable bonds is 7. The van der Waals surface area contributed by atoms with Gasteiger partial charge < -0.3 is 29.0 Å². The summed E-state index contributed by atoms with van der Waals surface area (Å²) in [7, 11) is -2.37. The third kappa shape index (κ3) is 4.77. The number of aromatic amines is 1. The standard InChI is InChI=1S/C27H26ClN5O5S/c1-4-27-22(34)14-36-24(27)21(13-37-27)38-26-30-20-11-18(28)23(31-25(20)32-26)16-7-5-15(6-8-16)19-10-9-17(12-29-19)33-39(2,3)35/h4-12,21-22,24,34H,1-2,13-14H2,3H3,(H,33,35)(H,30,31,32). The zero-order valence-corrected chi connectivity index (χ0v) is 22.5. The Bertz CT molecular complexity index is 1660. The molecule has 202 valence electrons. The molecule has 0 bridgehead atoms. The van der Waals surface area contributed by atoms with E-state index in [1.54, 1.807) is 18.3 Å². The molecule has 3 aromatic heterocycles. The van der Waals surface area contributed by atoms with Crippen molar-refractivity contribution < 1.29 is 23.5 Å². The normalized spacial score (nSPS) is 25.8. The molecule has 1 aromatic carbocycles. The summed E-state index contributed by atoms with van der Waals surface area (Å²) in [6.07, 6.45) is 2.94. The van der Waals surface area contributed by atoms with Crippen molar-refractivity contribution in [1.29, 1.82) is 0 Å². The highest BCUT2D eigenvalue weighted by Gasteiger charge is 2.59. The van der Waals surface area contributed by atoms with Crippen LogP contribution in [0.2, 0.25) is 5.02 Å². The number of benzene rings is 1. The molecule has 0 radical (unpaired) electrons. The van der Waals surface area contributed by atoms with Crippen LogP contribution in [0.15, 0.2) is 61.3 Å². The molecule has 6 rings (SSSR count). The summed E-state index contributed by atoms with van der Waals surface area (Å²) in [6, 6.07) is 13.3. The van der Waals surface area contributed by atoms with Crippen molar-refractivity contribution in [2.75, 3.05) is 24.2 Å². The number of H-pyrrole nitrogens is 1. The van der Waals surface area contributed by atoms with Gasteiger partial charge in [-0.25, -0.2) is 9.19 Å². The van der Waals surface area contributed by atoms with Crippen LogP contribution in [0, 0.1) is 0 Å². The van der Waals surface area contributed by atoms with Gasteiger partial charge in [-0.05, 0) is 24.1 Å². The highest BCUT2D eigenvalue weighted by molar-refractivity contribution is 8.00. The van der Waals surface area contributed by atoms with Crippen LogP contribution in [0.3, 0.4) is 0 Å². The molecule has 0 amide bonds. The Morgan fingerprint density at radius 1 is 1.23 bits per heavy atom. The number of aromatic nitrogens is 4. The summed E-state index contributed by atoms with van der Waals surface area (Å²) >= 11 is 6.59. The minimum atomic E-state index is -2.37. The molecule has 12 heteroatoms.